The number of rotatable bonds is 8. The Labute approximate surface area is 180 Å². The molecule has 2 aromatic carbocycles. The first kappa shape index (κ1) is 25.8. The SMILES string of the molecule is CC(NC(=O)C[NH2+]C(C)C(O)c1ccccc1)C(O)c1ccccc1.O=C([O-])C(=O)O. The Morgan fingerprint density at radius 3 is 1.74 bits per heavy atom. The summed E-state index contributed by atoms with van der Waals surface area (Å²) in [4.78, 5) is 30.1. The molecule has 0 aromatic heterocycles. The molecule has 0 saturated heterocycles. The number of quaternary nitrogens is 1. The Bertz CT molecular complexity index is 818. The summed E-state index contributed by atoms with van der Waals surface area (Å²) in [5.41, 5.74) is 1.60. The molecular formula is C22H28N2O7. The fourth-order valence-corrected chi connectivity index (χ4v) is 2.71. The molecule has 168 valence electrons. The maximum Gasteiger partial charge on any atom is 0.351 e. The average Bonchev–Trinajstić information content (AvgIpc) is 2.77. The normalized spacial score (nSPS) is 14.2. The van der Waals surface area contributed by atoms with Crippen molar-refractivity contribution in [2.24, 2.45) is 0 Å². The molecule has 1 amide bonds. The standard InChI is InChI=1S/C20H26N2O3.C2H2O4/c1-14(19(24)16-9-5-3-6-10-16)21-13-18(23)22-15(2)20(25)17-11-7-4-8-12-17;3-1(4)2(5)6/h3-12,14-15,19-21,24-25H,13H2,1-2H3,(H,22,23);(H,3,4)(H,5,6). The second kappa shape index (κ2) is 13.1. The van der Waals surface area contributed by atoms with Gasteiger partial charge in [-0.2, -0.15) is 0 Å². The number of aliphatic hydroxyl groups is 2. The molecule has 2 aromatic rings. The molecule has 0 saturated carbocycles. The first-order valence-corrected chi connectivity index (χ1v) is 9.66. The minimum absolute atomic E-state index is 0.150. The molecule has 9 heteroatoms. The van der Waals surface area contributed by atoms with Crippen LogP contribution in [0.5, 0.6) is 0 Å². The number of benzene rings is 2. The summed E-state index contributed by atoms with van der Waals surface area (Å²) in [7, 11) is 0. The lowest BCUT2D eigenvalue weighted by Crippen LogP contribution is -2.92. The second-order valence-corrected chi connectivity index (χ2v) is 6.96. The van der Waals surface area contributed by atoms with Crippen LogP contribution in [0.3, 0.4) is 0 Å². The van der Waals surface area contributed by atoms with Crippen LogP contribution in [0.25, 0.3) is 0 Å². The number of aliphatic carboxylic acids is 2. The predicted molar refractivity (Wildman–Crippen MR) is 109 cm³/mol. The van der Waals surface area contributed by atoms with E-state index in [4.69, 9.17) is 19.8 Å². The van der Waals surface area contributed by atoms with Crippen molar-refractivity contribution in [1.29, 1.82) is 0 Å². The van der Waals surface area contributed by atoms with Crippen LogP contribution in [-0.4, -0.2) is 51.8 Å². The zero-order valence-corrected chi connectivity index (χ0v) is 17.3. The van der Waals surface area contributed by atoms with Crippen LogP contribution in [0.2, 0.25) is 0 Å². The zero-order valence-electron chi connectivity index (χ0n) is 17.3. The average molecular weight is 432 g/mol. The van der Waals surface area contributed by atoms with Crippen molar-refractivity contribution in [3.8, 4) is 0 Å². The van der Waals surface area contributed by atoms with Gasteiger partial charge in [0.2, 0.25) is 0 Å². The van der Waals surface area contributed by atoms with E-state index in [2.05, 4.69) is 5.32 Å². The van der Waals surface area contributed by atoms with Crippen molar-refractivity contribution in [2.75, 3.05) is 6.54 Å². The lowest BCUT2D eigenvalue weighted by atomic mass is 10.0. The first-order valence-electron chi connectivity index (χ1n) is 9.66. The van der Waals surface area contributed by atoms with E-state index in [1.807, 2.05) is 67.6 Å². The quantitative estimate of drug-likeness (QED) is 0.325. The van der Waals surface area contributed by atoms with Crippen LogP contribution >= 0.6 is 0 Å². The molecule has 0 aliphatic rings. The minimum Gasteiger partial charge on any atom is -0.539 e. The molecule has 4 atom stereocenters. The lowest BCUT2D eigenvalue weighted by Gasteiger charge is -2.21. The molecule has 0 spiro atoms. The molecule has 0 aliphatic carbocycles. The highest BCUT2D eigenvalue weighted by atomic mass is 16.4. The van der Waals surface area contributed by atoms with Crippen molar-refractivity contribution in [2.45, 2.75) is 38.1 Å². The van der Waals surface area contributed by atoms with Gasteiger partial charge in [0, 0.05) is 0 Å². The van der Waals surface area contributed by atoms with Gasteiger partial charge in [0.25, 0.3) is 5.91 Å². The van der Waals surface area contributed by atoms with Gasteiger partial charge < -0.3 is 35.9 Å². The van der Waals surface area contributed by atoms with Crippen molar-refractivity contribution in [3.05, 3.63) is 71.8 Å². The largest absolute Gasteiger partial charge is 0.539 e. The number of nitrogens with two attached hydrogens (primary N) is 1. The molecule has 0 bridgehead atoms. The van der Waals surface area contributed by atoms with Crippen molar-refractivity contribution >= 4 is 17.8 Å². The summed E-state index contributed by atoms with van der Waals surface area (Å²) in [6.07, 6.45) is -1.39. The summed E-state index contributed by atoms with van der Waals surface area (Å²) >= 11 is 0. The molecule has 9 nitrogen and oxygen atoms in total. The van der Waals surface area contributed by atoms with E-state index in [0.717, 1.165) is 11.1 Å². The Morgan fingerprint density at radius 2 is 1.32 bits per heavy atom. The van der Waals surface area contributed by atoms with Gasteiger partial charge in [0.05, 0.1) is 12.1 Å². The van der Waals surface area contributed by atoms with Gasteiger partial charge in [0.1, 0.15) is 12.1 Å². The number of carbonyl (C=O) groups excluding carboxylic acids is 2. The van der Waals surface area contributed by atoms with Crippen molar-refractivity contribution < 1.29 is 40.1 Å². The molecular weight excluding hydrogens is 404 g/mol. The third-order valence-corrected chi connectivity index (χ3v) is 4.49. The minimum atomic E-state index is -2.07. The van der Waals surface area contributed by atoms with Gasteiger partial charge in [-0.25, -0.2) is 4.79 Å². The van der Waals surface area contributed by atoms with Gasteiger partial charge in [0.15, 0.2) is 12.5 Å². The number of carbonyl (C=O) groups is 3. The molecule has 6 N–H and O–H groups in total. The molecule has 31 heavy (non-hydrogen) atoms. The van der Waals surface area contributed by atoms with E-state index >= 15 is 0 Å². The molecule has 0 radical (unpaired) electrons. The van der Waals surface area contributed by atoms with Gasteiger partial charge in [-0.1, -0.05) is 60.7 Å². The third-order valence-electron chi connectivity index (χ3n) is 4.49. The van der Waals surface area contributed by atoms with Gasteiger partial charge >= 0.3 is 5.97 Å². The Morgan fingerprint density at radius 1 is 0.903 bits per heavy atom. The number of aliphatic hydroxyl groups excluding tert-OH is 2. The highest BCUT2D eigenvalue weighted by molar-refractivity contribution is 6.26. The van der Waals surface area contributed by atoms with E-state index < -0.39 is 30.2 Å². The Balaban J connectivity index is 0.000000703. The first-order chi connectivity index (χ1) is 14.6. The number of carboxylic acid groups (broad SMARTS) is 2. The fraction of sp³-hybridized carbons (Fsp3) is 0.318. The molecule has 0 fully saturated rings. The summed E-state index contributed by atoms with van der Waals surface area (Å²) in [6, 6.07) is 18.1. The molecule has 0 heterocycles. The Kier molecular flexibility index (Phi) is 10.9. The van der Waals surface area contributed by atoms with E-state index in [0.29, 0.717) is 0 Å². The number of nitrogens with one attached hydrogen (secondary N) is 1. The van der Waals surface area contributed by atoms with Gasteiger partial charge in [-0.3, -0.25) is 4.79 Å². The number of hydrogen-bond donors (Lipinski definition) is 5. The second-order valence-electron chi connectivity index (χ2n) is 6.96. The third kappa shape index (κ3) is 9.39. The summed E-state index contributed by atoms with van der Waals surface area (Å²) in [5, 5.41) is 41.5. The van der Waals surface area contributed by atoms with Crippen LogP contribution in [0.4, 0.5) is 0 Å². The van der Waals surface area contributed by atoms with Crippen molar-refractivity contribution in [1.82, 2.24) is 5.32 Å². The van der Waals surface area contributed by atoms with Gasteiger partial charge in [-0.05, 0) is 25.0 Å². The van der Waals surface area contributed by atoms with Crippen LogP contribution in [-0.2, 0) is 14.4 Å². The number of carboxylic acids is 2. The van der Waals surface area contributed by atoms with Crippen LogP contribution < -0.4 is 15.7 Å². The summed E-state index contributed by atoms with van der Waals surface area (Å²) in [5.74, 6) is -4.18. The maximum atomic E-state index is 12.1. The topological polar surface area (TPSA) is 164 Å². The maximum absolute atomic E-state index is 12.1. The van der Waals surface area contributed by atoms with Crippen LogP contribution in [0, 0.1) is 0 Å². The summed E-state index contributed by atoms with van der Waals surface area (Å²) < 4.78 is 0. The van der Waals surface area contributed by atoms with E-state index in [1.165, 1.54) is 0 Å². The predicted octanol–water partition coefficient (Wildman–Crippen LogP) is -1.27. The molecule has 0 aliphatic heterocycles. The Hall–Kier alpha value is -3.27. The van der Waals surface area contributed by atoms with Crippen molar-refractivity contribution in [3.63, 3.8) is 0 Å². The van der Waals surface area contributed by atoms with Crippen LogP contribution in [0.1, 0.15) is 37.2 Å². The van der Waals surface area contributed by atoms with E-state index in [-0.39, 0.29) is 18.5 Å². The smallest absolute Gasteiger partial charge is 0.351 e. The summed E-state index contributed by atoms with van der Waals surface area (Å²) in [6.45, 7) is 3.85. The van der Waals surface area contributed by atoms with E-state index in [1.54, 1.807) is 12.2 Å². The fourth-order valence-electron chi connectivity index (χ4n) is 2.71. The number of amides is 1. The molecule has 4 unspecified atom stereocenters. The lowest BCUT2D eigenvalue weighted by molar-refractivity contribution is -0.684. The zero-order chi connectivity index (χ0) is 23.4. The number of hydrogen-bond acceptors (Lipinski definition) is 6. The highest BCUT2D eigenvalue weighted by Gasteiger charge is 2.22. The van der Waals surface area contributed by atoms with Gasteiger partial charge in [-0.15, -0.1) is 0 Å². The van der Waals surface area contributed by atoms with Crippen LogP contribution in [0.15, 0.2) is 60.7 Å². The molecule has 2 rings (SSSR count). The van der Waals surface area contributed by atoms with E-state index in [9.17, 15) is 15.0 Å². The highest BCUT2D eigenvalue weighted by Crippen LogP contribution is 2.16. The monoisotopic (exact) mass is 432 g/mol.